The van der Waals surface area contributed by atoms with E-state index in [0.29, 0.717) is 18.9 Å². The van der Waals surface area contributed by atoms with Crippen LogP contribution in [0, 0.1) is 18.7 Å². The first-order chi connectivity index (χ1) is 15.3. The molecule has 8 heteroatoms. The van der Waals surface area contributed by atoms with E-state index in [1.807, 2.05) is 49.9 Å². The first-order valence-electron chi connectivity index (χ1n) is 11.0. The Hall–Kier alpha value is -3.16. The number of aryl methyl sites for hydroxylation is 1. The molecule has 1 aromatic carbocycles. The van der Waals surface area contributed by atoms with Gasteiger partial charge in [0.1, 0.15) is 11.9 Å². The van der Waals surface area contributed by atoms with Gasteiger partial charge in [0.15, 0.2) is 11.6 Å². The van der Waals surface area contributed by atoms with Gasteiger partial charge in [-0.1, -0.05) is 6.92 Å². The molecule has 32 heavy (non-hydrogen) atoms. The van der Waals surface area contributed by atoms with Crippen molar-refractivity contribution in [3.63, 3.8) is 0 Å². The van der Waals surface area contributed by atoms with Gasteiger partial charge in [-0.3, -0.25) is 9.80 Å². The summed E-state index contributed by atoms with van der Waals surface area (Å²) in [6, 6.07) is 10.6. The molecular formula is C24H29FN4O3. The van der Waals surface area contributed by atoms with Crippen LogP contribution in [-0.2, 0) is 4.79 Å². The van der Waals surface area contributed by atoms with Gasteiger partial charge in [-0.25, -0.2) is 9.37 Å². The summed E-state index contributed by atoms with van der Waals surface area (Å²) < 4.78 is 20.3. The fourth-order valence-corrected chi connectivity index (χ4v) is 4.32. The third-order valence-corrected chi connectivity index (χ3v) is 6.31. The van der Waals surface area contributed by atoms with Crippen LogP contribution in [-0.4, -0.2) is 47.0 Å². The summed E-state index contributed by atoms with van der Waals surface area (Å²) in [5.41, 5.74) is 2.59. The van der Waals surface area contributed by atoms with E-state index in [2.05, 4.69) is 10.1 Å². The molecule has 0 saturated carbocycles. The molecule has 170 valence electrons. The van der Waals surface area contributed by atoms with Crippen LogP contribution >= 0.6 is 0 Å². The normalized spacial score (nSPS) is 21.6. The van der Waals surface area contributed by atoms with E-state index >= 15 is 0 Å². The van der Waals surface area contributed by atoms with Crippen LogP contribution in [0.2, 0.25) is 0 Å². The predicted octanol–water partition coefficient (Wildman–Crippen LogP) is 4.25. The molecule has 2 aliphatic rings. The number of carboxylic acid groups (broad SMARTS) is 1. The van der Waals surface area contributed by atoms with E-state index in [9.17, 15) is 14.3 Å². The second-order valence-corrected chi connectivity index (χ2v) is 8.60. The number of hydrazone groups is 1. The molecule has 2 aliphatic heterocycles. The second kappa shape index (κ2) is 9.14. The molecule has 1 saturated heterocycles. The molecule has 2 unspecified atom stereocenters. The lowest BCUT2D eigenvalue weighted by atomic mass is 9.96. The van der Waals surface area contributed by atoms with Crippen molar-refractivity contribution in [3.8, 4) is 5.75 Å². The van der Waals surface area contributed by atoms with E-state index in [0.717, 1.165) is 35.7 Å². The largest absolute Gasteiger partial charge is 0.490 e. The predicted molar refractivity (Wildman–Crippen MR) is 122 cm³/mol. The van der Waals surface area contributed by atoms with Crippen LogP contribution in [0.25, 0.3) is 0 Å². The molecule has 0 amide bonds. The first kappa shape index (κ1) is 22.0. The van der Waals surface area contributed by atoms with E-state index < -0.39 is 5.97 Å². The van der Waals surface area contributed by atoms with Gasteiger partial charge < -0.3 is 14.7 Å². The Labute approximate surface area is 187 Å². The molecule has 2 atom stereocenters. The lowest BCUT2D eigenvalue weighted by Gasteiger charge is -2.33. The number of hydrogen-bond acceptors (Lipinski definition) is 6. The number of aromatic nitrogens is 1. The number of carbonyl (C=O) groups is 1. The van der Waals surface area contributed by atoms with E-state index in [1.54, 1.807) is 11.1 Å². The smallest absolute Gasteiger partial charge is 0.305 e. The minimum atomic E-state index is -0.830. The highest BCUT2D eigenvalue weighted by Crippen LogP contribution is 2.32. The topological polar surface area (TPSA) is 78.3 Å². The highest BCUT2D eigenvalue weighted by molar-refractivity contribution is 5.89. The zero-order valence-corrected chi connectivity index (χ0v) is 18.7. The lowest BCUT2D eigenvalue weighted by molar-refractivity contribution is -0.137. The molecule has 2 aromatic rings. The van der Waals surface area contributed by atoms with Crippen molar-refractivity contribution in [2.45, 2.75) is 52.2 Å². The fraction of sp³-hybridized carbons (Fsp3) is 0.458. The van der Waals surface area contributed by atoms with Crippen molar-refractivity contribution in [3.05, 3.63) is 47.9 Å². The van der Waals surface area contributed by atoms with Crippen LogP contribution in [0.1, 0.15) is 38.8 Å². The van der Waals surface area contributed by atoms with Gasteiger partial charge in [0.2, 0.25) is 0 Å². The minimum absolute atomic E-state index is 0.0369. The first-order valence-corrected chi connectivity index (χ1v) is 11.0. The van der Waals surface area contributed by atoms with Crippen LogP contribution in [0.15, 0.2) is 41.5 Å². The number of ether oxygens (including phenoxy) is 1. The lowest BCUT2D eigenvalue weighted by Crippen LogP contribution is -2.39. The number of rotatable bonds is 6. The SMILES string of the molecule is CC1=NN(c2ccc(OC3CCN(c4nc(C)ccc4F)CC3)cc2)C(CC(=O)O)C1C. The third kappa shape index (κ3) is 4.69. The molecule has 1 fully saturated rings. The van der Waals surface area contributed by atoms with Gasteiger partial charge in [0.25, 0.3) is 0 Å². The summed E-state index contributed by atoms with van der Waals surface area (Å²) >= 11 is 0. The monoisotopic (exact) mass is 440 g/mol. The summed E-state index contributed by atoms with van der Waals surface area (Å²) in [4.78, 5) is 17.6. The van der Waals surface area contributed by atoms with Gasteiger partial charge in [-0.05, 0) is 50.2 Å². The van der Waals surface area contributed by atoms with Crippen LogP contribution in [0.5, 0.6) is 5.75 Å². The van der Waals surface area contributed by atoms with Crippen LogP contribution in [0.4, 0.5) is 15.9 Å². The van der Waals surface area contributed by atoms with Crippen molar-refractivity contribution in [2.75, 3.05) is 23.0 Å². The fourth-order valence-electron chi connectivity index (χ4n) is 4.32. The van der Waals surface area contributed by atoms with Gasteiger partial charge in [0.05, 0.1) is 18.2 Å². The third-order valence-electron chi connectivity index (χ3n) is 6.31. The molecule has 1 aromatic heterocycles. The van der Waals surface area contributed by atoms with Gasteiger partial charge >= 0.3 is 5.97 Å². The van der Waals surface area contributed by atoms with Gasteiger partial charge in [-0.2, -0.15) is 5.10 Å². The zero-order valence-electron chi connectivity index (χ0n) is 18.7. The number of anilines is 2. The number of carboxylic acids is 1. The Bertz CT molecular complexity index is 1000. The highest BCUT2D eigenvalue weighted by Gasteiger charge is 2.34. The Morgan fingerprint density at radius 2 is 1.84 bits per heavy atom. The number of pyridine rings is 1. The molecule has 4 rings (SSSR count). The molecule has 0 bridgehead atoms. The minimum Gasteiger partial charge on any atom is -0.490 e. The maximum absolute atomic E-state index is 14.1. The van der Waals surface area contributed by atoms with E-state index in [1.165, 1.54) is 6.07 Å². The zero-order chi connectivity index (χ0) is 22.8. The Kier molecular flexibility index (Phi) is 6.30. The summed E-state index contributed by atoms with van der Waals surface area (Å²) in [5, 5.41) is 15.6. The number of hydrogen-bond donors (Lipinski definition) is 1. The molecule has 0 radical (unpaired) electrons. The summed E-state index contributed by atoms with van der Waals surface area (Å²) in [6.45, 7) is 7.18. The average molecular weight is 441 g/mol. The van der Waals surface area contributed by atoms with Crippen molar-refractivity contribution >= 4 is 23.2 Å². The van der Waals surface area contributed by atoms with Crippen LogP contribution in [0.3, 0.4) is 0 Å². The summed E-state index contributed by atoms with van der Waals surface area (Å²) in [5.74, 6) is 0.138. The number of halogens is 1. The summed E-state index contributed by atoms with van der Waals surface area (Å²) in [6.07, 6.45) is 1.65. The molecule has 1 N–H and O–H groups in total. The molecule has 7 nitrogen and oxygen atoms in total. The second-order valence-electron chi connectivity index (χ2n) is 8.60. The highest BCUT2D eigenvalue weighted by atomic mass is 19.1. The average Bonchev–Trinajstić information content (AvgIpc) is 3.04. The standard InChI is InChI=1S/C24H29FN4O3/c1-15-4-9-21(25)24(26-15)28-12-10-20(11-13-28)32-19-7-5-18(6-8-19)29-22(14-23(30)31)16(2)17(3)27-29/h4-9,16,20,22H,10-14H2,1-3H3,(H,30,31). The molecular weight excluding hydrogens is 411 g/mol. The quantitative estimate of drug-likeness (QED) is 0.724. The summed E-state index contributed by atoms with van der Waals surface area (Å²) in [7, 11) is 0. The van der Waals surface area contributed by atoms with E-state index in [4.69, 9.17) is 4.74 Å². The van der Waals surface area contributed by atoms with Crippen molar-refractivity contribution in [1.29, 1.82) is 0 Å². The molecule has 0 spiro atoms. The van der Waals surface area contributed by atoms with Crippen molar-refractivity contribution in [2.24, 2.45) is 11.0 Å². The van der Waals surface area contributed by atoms with Crippen LogP contribution < -0.4 is 14.6 Å². The van der Waals surface area contributed by atoms with E-state index in [-0.39, 0.29) is 30.3 Å². The Balaban J connectivity index is 1.36. The number of nitrogens with zero attached hydrogens (tertiary/aromatic N) is 4. The number of piperidine rings is 1. The Morgan fingerprint density at radius 1 is 1.16 bits per heavy atom. The Morgan fingerprint density at radius 3 is 2.50 bits per heavy atom. The number of benzene rings is 1. The van der Waals surface area contributed by atoms with Gasteiger partial charge in [-0.15, -0.1) is 0 Å². The molecule has 0 aliphatic carbocycles. The van der Waals surface area contributed by atoms with Gasteiger partial charge in [0, 0.05) is 43.3 Å². The maximum atomic E-state index is 14.1. The molecule has 3 heterocycles. The maximum Gasteiger partial charge on any atom is 0.305 e. The number of aliphatic carboxylic acids is 1. The van der Waals surface area contributed by atoms with Crippen molar-refractivity contribution in [1.82, 2.24) is 4.98 Å². The van der Waals surface area contributed by atoms with Crippen molar-refractivity contribution < 1.29 is 19.0 Å².